The molecule has 2 aromatic rings. The Morgan fingerprint density at radius 1 is 1.17 bits per heavy atom. The fourth-order valence-corrected chi connectivity index (χ4v) is 3.79. The summed E-state index contributed by atoms with van der Waals surface area (Å²) in [5.41, 5.74) is 5.89. The number of hydrogen-bond acceptors (Lipinski definition) is 7. The van der Waals surface area contributed by atoms with Crippen LogP contribution in [0.1, 0.15) is 12.8 Å². The van der Waals surface area contributed by atoms with Gasteiger partial charge in [-0.3, -0.25) is 0 Å². The second-order valence-electron chi connectivity index (χ2n) is 5.29. The summed E-state index contributed by atoms with van der Waals surface area (Å²) >= 11 is 0. The third-order valence-electron chi connectivity index (χ3n) is 3.82. The Morgan fingerprint density at radius 2 is 1.83 bits per heavy atom. The molecular formula is C15H18N4O3S. The molecule has 1 fully saturated rings. The minimum atomic E-state index is -3.76. The van der Waals surface area contributed by atoms with E-state index in [2.05, 4.69) is 9.97 Å². The van der Waals surface area contributed by atoms with Crippen molar-refractivity contribution in [3.05, 3.63) is 30.5 Å². The second-order valence-corrected chi connectivity index (χ2v) is 7.21. The normalized spacial score (nSPS) is 14.9. The smallest absolute Gasteiger partial charge is 0.227 e. The van der Waals surface area contributed by atoms with E-state index in [4.69, 9.17) is 10.5 Å². The molecule has 122 valence electrons. The Morgan fingerprint density at radius 3 is 2.39 bits per heavy atom. The number of nitrogens with zero attached hydrogens (tertiary/aromatic N) is 3. The standard InChI is InChI=1S/C15H18N4O3S/c1-22-11-4-6-12(7-5-11)23(20,21)13-10-17-15(18-14(13)16)19-8-2-3-9-19/h4-7,10H,2-3,8-9H2,1H3,(H2,16,17,18). The van der Waals surface area contributed by atoms with Gasteiger partial charge in [-0.15, -0.1) is 0 Å². The van der Waals surface area contributed by atoms with Gasteiger partial charge < -0.3 is 15.4 Å². The van der Waals surface area contributed by atoms with Crippen molar-refractivity contribution in [2.45, 2.75) is 22.6 Å². The van der Waals surface area contributed by atoms with Crippen molar-refractivity contribution in [3.8, 4) is 5.75 Å². The van der Waals surface area contributed by atoms with Crippen LogP contribution in [0.5, 0.6) is 5.75 Å². The van der Waals surface area contributed by atoms with Crippen LogP contribution in [0.3, 0.4) is 0 Å². The predicted octanol–water partition coefficient (Wildman–Crippen LogP) is 1.50. The molecule has 2 heterocycles. The summed E-state index contributed by atoms with van der Waals surface area (Å²) in [6.45, 7) is 1.73. The van der Waals surface area contributed by atoms with Crippen LogP contribution in [0, 0.1) is 0 Å². The van der Waals surface area contributed by atoms with Crippen molar-refractivity contribution in [2.24, 2.45) is 0 Å². The van der Waals surface area contributed by atoms with E-state index in [1.54, 1.807) is 12.1 Å². The fourth-order valence-electron chi connectivity index (χ4n) is 2.53. The molecule has 1 aromatic carbocycles. The summed E-state index contributed by atoms with van der Waals surface area (Å²) in [4.78, 5) is 10.4. The van der Waals surface area contributed by atoms with Crippen LogP contribution in [0.25, 0.3) is 0 Å². The maximum atomic E-state index is 12.7. The van der Waals surface area contributed by atoms with E-state index in [1.165, 1.54) is 25.4 Å². The van der Waals surface area contributed by atoms with E-state index >= 15 is 0 Å². The topological polar surface area (TPSA) is 98.4 Å². The quantitative estimate of drug-likeness (QED) is 0.904. The summed E-state index contributed by atoms with van der Waals surface area (Å²) in [7, 11) is -2.24. The van der Waals surface area contributed by atoms with Gasteiger partial charge in [0.25, 0.3) is 0 Å². The summed E-state index contributed by atoms with van der Waals surface area (Å²) in [6, 6.07) is 6.12. The third kappa shape index (κ3) is 2.94. The number of methoxy groups -OCH3 is 1. The van der Waals surface area contributed by atoms with Crippen LogP contribution in [-0.2, 0) is 9.84 Å². The highest BCUT2D eigenvalue weighted by molar-refractivity contribution is 7.91. The first-order chi connectivity index (χ1) is 11.0. The van der Waals surface area contributed by atoms with Gasteiger partial charge in [-0.2, -0.15) is 4.98 Å². The van der Waals surface area contributed by atoms with Gasteiger partial charge in [-0.1, -0.05) is 0 Å². The molecule has 1 saturated heterocycles. The molecule has 1 aromatic heterocycles. The first-order valence-electron chi connectivity index (χ1n) is 7.29. The van der Waals surface area contributed by atoms with Crippen LogP contribution in [0.4, 0.5) is 11.8 Å². The number of hydrogen-bond donors (Lipinski definition) is 1. The lowest BCUT2D eigenvalue weighted by molar-refractivity contribution is 0.414. The zero-order valence-electron chi connectivity index (χ0n) is 12.8. The lowest BCUT2D eigenvalue weighted by Gasteiger charge is -2.16. The average Bonchev–Trinajstić information content (AvgIpc) is 3.09. The van der Waals surface area contributed by atoms with Crippen molar-refractivity contribution in [1.29, 1.82) is 0 Å². The zero-order valence-corrected chi connectivity index (χ0v) is 13.6. The highest BCUT2D eigenvalue weighted by Gasteiger charge is 2.24. The minimum absolute atomic E-state index is 0.0299. The van der Waals surface area contributed by atoms with Gasteiger partial charge in [0.05, 0.1) is 18.2 Å². The van der Waals surface area contributed by atoms with E-state index in [1.807, 2.05) is 4.90 Å². The van der Waals surface area contributed by atoms with Gasteiger partial charge in [-0.05, 0) is 37.1 Å². The predicted molar refractivity (Wildman–Crippen MR) is 86.3 cm³/mol. The molecule has 0 aliphatic carbocycles. The third-order valence-corrected chi connectivity index (χ3v) is 5.60. The van der Waals surface area contributed by atoms with Crippen molar-refractivity contribution >= 4 is 21.6 Å². The summed E-state index contributed by atoms with van der Waals surface area (Å²) in [5, 5.41) is 0. The van der Waals surface area contributed by atoms with E-state index in [-0.39, 0.29) is 15.6 Å². The molecule has 0 atom stereocenters. The molecule has 0 unspecified atom stereocenters. The number of nitrogens with two attached hydrogens (primary N) is 1. The Kier molecular flexibility index (Phi) is 4.08. The van der Waals surface area contributed by atoms with E-state index in [0.717, 1.165) is 25.9 Å². The van der Waals surface area contributed by atoms with Crippen LogP contribution in [-0.4, -0.2) is 38.6 Å². The second kappa shape index (κ2) is 6.04. The number of anilines is 2. The monoisotopic (exact) mass is 334 g/mol. The van der Waals surface area contributed by atoms with Crippen molar-refractivity contribution < 1.29 is 13.2 Å². The van der Waals surface area contributed by atoms with Gasteiger partial charge in [0, 0.05) is 13.1 Å². The van der Waals surface area contributed by atoms with Crippen LogP contribution in [0.15, 0.2) is 40.3 Å². The first-order valence-corrected chi connectivity index (χ1v) is 8.77. The van der Waals surface area contributed by atoms with Gasteiger partial charge in [-0.25, -0.2) is 13.4 Å². The first kappa shape index (κ1) is 15.5. The molecule has 8 heteroatoms. The molecule has 0 bridgehead atoms. The summed E-state index contributed by atoms with van der Waals surface area (Å²) in [6.07, 6.45) is 3.44. The zero-order chi connectivity index (χ0) is 16.4. The molecule has 3 rings (SSSR count). The largest absolute Gasteiger partial charge is 0.497 e. The molecule has 1 aliphatic rings. The highest BCUT2D eigenvalue weighted by Crippen LogP contribution is 2.27. The van der Waals surface area contributed by atoms with E-state index in [9.17, 15) is 8.42 Å². The molecule has 1 aliphatic heterocycles. The number of aromatic nitrogens is 2. The van der Waals surface area contributed by atoms with Gasteiger partial charge in [0.2, 0.25) is 15.8 Å². The molecule has 7 nitrogen and oxygen atoms in total. The Balaban J connectivity index is 1.95. The van der Waals surface area contributed by atoms with E-state index in [0.29, 0.717) is 11.7 Å². The Hall–Kier alpha value is -2.35. The lowest BCUT2D eigenvalue weighted by Crippen LogP contribution is -2.21. The molecular weight excluding hydrogens is 316 g/mol. The maximum absolute atomic E-state index is 12.7. The van der Waals surface area contributed by atoms with Gasteiger partial charge >= 0.3 is 0 Å². The minimum Gasteiger partial charge on any atom is -0.497 e. The van der Waals surface area contributed by atoms with Crippen LogP contribution < -0.4 is 15.4 Å². The maximum Gasteiger partial charge on any atom is 0.227 e. The summed E-state index contributed by atoms with van der Waals surface area (Å²) < 4.78 is 30.4. The van der Waals surface area contributed by atoms with Gasteiger partial charge in [0.15, 0.2) is 0 Å². The molecule has 0 amide bonds. The number of sulfone groups is 1. The Bertz CT molecular complexity index is 800. The SMILES string of the molecule is COc1ccc(S(=O)(=O)c2cnc(N3CCCC3)nc2N)cc1. The molecule has 0 radical (unpaired) electrons. The molecule has 0 saturated carbocycles. The lowest BCUT2D eigenvalue weighted by atomic mass is 10.3. The van der Waals surface area contributed by atoms with E-state index < -0.39 is 9.84 Å². The number of ether oxygens (including phenoxy) is 1. The van der Waals surface area contributed by atoms with Gasteiger partial charge in [0.1, 0.15) is 16.5 Å². The number of benzene rings is 1. The van der Waals surface area contributed by atoms with Crippen molar-refractivity contribution in [3.63, 3.8) is 0 Å². The van der Waals surface area contributed by atoms with Crippen molar-refractivity contribution in [1.82, 2.24) is 9.97 Å². The molecule has 23 heavy (non-hydrogen) atoms. The van der Waals surface area contributed by atoms with Crippen LogP contribution in [0.2, 0.25) is 0 Å². The van der Waals surface area contributed by atoms with Crippen LogP contribution >= 0.6 is 0 Å². The number of rotatable bonds is 4. The van der Waals surface area contributed by atoms with Crippen molar-refractivity contribution in [2.75, 3.05) is 30.8 Å². The fraction of sp³-hybridized carbons (Fsp3) is 0.333. The molecule has 2 N–H and O–H groups in total. The highest BCUT2D eigenvalue weighted by atomic mass is 32.2. The average molecular weight is 334 g/mol. The number of nitrogen functional groups attached to an aromatic ring is 1. The molecule has 0 spiro atoms. The Labute approximate surface area is 135 Å². The summed E-state index contributed by atoms with van der Waals surface area (Å²) in [5.74, 6) is 1.03.